The minimum Gasteiger partial charge on any atom is -0.351 e. The van der Waals surface area contributed by atoms with Crippen molar-refractivity contribution in [2.75, 3.05) is 31.5 Å². The average molecular weight is 398 g/mol. The van der Waals surface area contributed by atoms with Crippen LogP contribution in [-0.4, -0.2) is 47.5 Å². The molecule has 1 aliphatic rings. The Labute approximate surface area is 170 Å². The van der Waals surface area contributed by atoms with Crippen LogP contribution in [0.4, 0.5) is 10.1 Å². The van der Waals surface area contributed by atoms with Crippen LogP contribution in [0.5, 0.6) is 0 Å². The van der Waals surface area contributed by atoms with Gasteiger partial charge >= 0.3 is 0 Å². The number of halogens is 1. The molecule has 0 atom stereocenters. The van der Waals surface area contributed by atoms with Crippen LogP contribution in [0.1, 0.15) is 41.0 Å². The summed E-state index contributed by atoms with van der Waals surface area (Å²) < 4.78 is 15.4. The first-order chi connectivity index (χ1) is 13.8. The van der Waals surface area contributed by atoms with Crippen molar-refractivity contribution in [3.8, 4) is 0 Å². The van der Waals surface area contributed by atoms with Gasteiger partial charge in [0.05, 0.1) is 11.1 Å². The lowest BCUT2D eigenvalue weighted by Gasteiger charge is -2.18. The number of hydrogen-bond acceptors (Lipinski definition) is 3. The highest BCUT2D eigenvalue weighted by Crippen LogP contribution is 2.33. The Morgan fingerprint density at radius 1 is 1.28 bits per heavy atom. The van der Waals surface area contributed by atoms with Gasteiger partial charge in [-0.1, -0.05) is 13.8 Å². The second-order valence-corrected chi connectivity index (χ2v) is 7.15. The Kier molecular flexibility index (Phi) is 6.17. The minimum absolute atomic E-state index is 0.133. The number of carbonyl (C=O) groups is 2. The molecule has 2 N–H and O–H groups in total. The number of aromatic nitrogens is 1. The Morgan fingerprint density at radius 2 is 2.00 bits per heavy atom. The number of benzene rings is 1. The SMILES string of the molecule is CCN(CC)CCNC(=O)c1c(C)cn(C=C2C(=O)Nc3ccc(F)cc32)c1C. The number of nitrogens with one attached hydrogen (secondary N) is 2. The van der Waals surface area contributed by atoms with Gasteiger partial charge in [0.2, 0.25) is 0 Å². The third-order valence-corrected chi connectivity index (χ3v) is 5.34. The first-order valence-electron chi connectivity index (χ1n) is 9.87. The number of rotatable bonds is 7. The largest absolute Gasteiger partial charge is 0.351 e. The molecule has 0 unspecified atom stereocenters. The average Bonchev–Trinajstić information content (AvgIpc) is 3.14. The molecule has 2 amide bonds. The molecular formula is C22H27FN4O2. The molecule has 2 aromatic rings. The summed E-state index contributed by atoms with van der Waals surface area (Å²) in [5.41, 5.74) is 3.61. The molecule has 0 radical (unpaired) electrons. The van der Waals surface area contributed by atoms with Gasteiger partial charge in [-0.15, -0.1) is 0 Å². The molecule has 1 aromatic carbocycles. The molecule has 0 saturated heterocycles. The zero-order valence-corrected chi connectivity index (χ0v) is 17.3. The zero-order valence-electron chi connectivity index (χ0n) is 17.3. The van der Waals surface area contributed by atoms with Crippen molar-refractivity contribution in [3.05, 3.63) is 52.6 Å². The first-order valence-corrected chi connectivity index (χ1v) is 9.87. The summed E-state index contributed by atoms with van der Waals surface area (Å²) >= 11 is 0. The molecule has 6 nitrogen and oxygen atoms in total. The topological polar surface area (TPSA) is 66.4 Å². The highest BCUT2D eigenvalue weighted by atomic mass is 19.1. The molecular weight excluding hydrogens is 371 g/mol. The van der Waals surface area contributed by atoms with Crippen molar-refractivity contribution in [1.29, 1.82) is 0 Å². The van der Waals surface area contributed by atoms with Gasteiger partial charge in [-0.25, -0.2) is 4.39 Å². The molecule has 2 heterocycles. The summed E-state index contributed by atoms with van der Waals surface area (Å²) in [7, 11) is 0. The Hall–Kier alpha value is -2.93. The van der Waals surface area contributed by atoms with Crippen molar-refractivity contribution < 1.29 is 14.0 Å². The number of likely N-dealkylation sites (N-methyl/N-ethyl adjacent to an activating group) is 1. The van der Waals surface area contributed by atoms with Crippen LogP contribution in [0.3, 0.4) is 0 Å². The number of amides is 2. The Morgan fingerprint density at radius 3 is 2.69 bits per heavy atom. The number of carbonyl (C=O) groups excluding carboxylic acids is 2. The Balaban J connectivity index is 1.83. The second kappa shape index (κ2) is 8.61. The van der Waals surface area contributed by atoms with E-state index in [1.54, 1.807) is 16.8 Å². The van der Waals surface area contributed by atoms with E-state index >= 15 is 0 Å². The van der Waals surface area contributed by atoms with E-state index in [1.807, 2.05) is 20.0 Å². The fourth-order valence-corrected chi connectivity index (χ4v) is 3.65. The van der Waals surface area contributed by atoms with Crippen LogP contribution in [0, 0.1) is 19.7 Å². The van der Waals surface area contributed by atoms with Gasteiger partial charge in [-0.05, 0) is 50.7 Å². The lowest BCUT2D eigenvalue weighted by Crippen LogP contribution is -2.35. The van der Waals surface area contributed by atoms with Crippen molar-refractivity contribution in [2.24, 2.45) is 0 Å². The molecule has 0 aliphatic carbocycles. The van der Waals surface area contributed by atoms with Gasteiger partial charge in [0.1, 0.15) is 5.82 Å². The molecule has 3 rings (SSSR count). The van der Waals surface area contributed by atoms with E-state index in [-0.39, 0.29) is 11.8 Å². The van der Waals surface area contributed by atoms with Crippen LogP contribution >= 0.6 is 0 Å². The van der Waals surface area contributed by atoms with E-state index in [9.17, 15) is 14.0 Å². The summed E-state index contributed by atoms with van der Waals surface area (Å²) in [5.74, 6) is -0.826. The van der Waals surface area contributed by atoms with Crippen LogP contribution in [-0.2, 0) is 4.79 Å². The zero-order chi connectivity index (χ0) is 21.1. The van der Waals surface area contributed by atoms with E-state index in [4.69, 9.17) is 0 Å². The van der Waals surface area contributed by atoms with E-state index in [1.165, 1.54) is 12.1 Å². The van der Waals surface area contributed by atoms with Crippen LogP contribution in [0.15, 0.2) is 24.4 Å². The fraction of sp³-hybridized carbons (Fsp3) is 0.364. The maximum absolute atomic E-state index is 13.7. The van der Waals surface area contributed by atoms with E-state index in [2.05, 4.69) is 29.4 Å². The number of hydrogen-bond donors (Lipinski definition) is 2. The van der Waals surface area contributed by atoms with Gasteiger partial charge in [0, 0.05) is 42.4 Å². The molecule has 0 spiro atoms. The van der Waals surface area contributed by atoms with Crippen molar-refractivity contribution in [1.82, 2.24) is 14.8 Å². The summed E-state index contributed by atoms with van der Waals surface area (Å²) in [4.78, 5) is 27.3. The molecule has 0 saturated carbocycles. The van der Waals surface area contributed by atoms with Crippen molar-refractivity contribution in [2.45, 2.75) is 27.7 Å². The number of fused-ring (bicyclic) bond motifs is 1. The highest BCUT2D eigenvalue weighted by Gasteiger charge is 2.25. The van der Waals surface area contributed by atoms with Gasteiger partial charge in [-0.2, -0.15) is 0 Å². The van der Waals surface area contributed by atoms with Crippen molar-refractivity contribution >= 4 is 29.3 Å². The first kappa shape index (κ1) is 20.8. The van der Waals surface area contributed by atoms with Crippen molar-refractivity contribution in [3.63, 3.8) is 0 Å². The number of aryl methyl sites for hydroxylation is 1. The third kappa shape index (κ3) is 4.24. The molecule has 1 aromatic heterocycles. The van der Waals surface area contributed by atoms with Gasteiger partial charge in [0.25, 0.3) is 11.8 Å². The Bertz CT molecular complexity index is 973. The molecule has 7 heteroatoms. The smallest absolute Gasteiger partial charge is 0.257 e. The predicted molar refractivity (Wildman–Crippen MR) is 113 cm³/mol. The molecule has 154 valence electrons. The van der Waals surface area contributed by atoms with E-state index < -0.39 is 5.82 Å². The van der Waals surface area contributed by atoms with Crippen LogP contribution < -0.4 is 10.6 Å². The molecule has 0 bridgehead atoms. The van der Waals surface area contributed by atoms with Crippen LogP contribution in [0.2, 0.25) is 0 Å². The minimum atomic E-state index is -0.403. The second-order valence-electron chi connectivity index (χ2n) is 7.15. The predicted octanol–water partition coefficient (Wildman–Crippen LogP) is 3.27. The lowest BCUT2D eigenvalue weighted by atomic mass is 10.1. The summed E-state index contributed by atoms with van der Waals surface area (Å²) in [5, 5.41) is 5.71. The number of anilines is 1. The fourth-order valence-electron chi connectivity index (χ4n) is 3.65. The number of nitrogens with zero attached hydrogens (tertiary/aromatic N) is 2. The van der Waals surface area contributed by atoms with E-state index in [0.29, 0.717) is 28.9 Å². The molecule has 1 aliphatic heterocycles. The normalized spacial score (nSPS) is 14.4. The summed E-state index contributed by atoms with van der Waals surface area (Å²) in [6, 6.07) is 4.20. The standard InChI is InChI=1S/C22H27FN4O2/c1-5-26(6-2)10-9-24-22(29)20-14(3)12-27(15(20)4)13-18-17-11-16(23)7-8-19(17)25-21(18)28/h7-8,11-13H,5-6,9-10H2,1-4H3,(H,24,29)(H,25,28). The molecule has 29 heavy (non-hydrogen) atoms. The van der Waals surface area contributed by atoms with Gasteiger partial charge < -0.3 is 20.1 Å². The monoisotopic (exact) mass is 398 g/mol. The maximum Gasteiger partial charge on any atom is 0.257 e. The lowest BCUT2D eigenvalue weighted by molar-refractivity contribution is -0.110. The van der Waals surface area contributed by atoms with Gasteiger partial charge in [0.15, 0.2) is 0 Å². The third-order valence-electron chi connectivity index (χ3n) is 5.34. The van der Waals surface area contributed by atoms with E-state index in [0.717, 1.165) is 30.9 Å². The highest BCUT2D eigenvalue weighted by molar-refractivity contribution is 6.34. The van der Waals surface area contributed by atoms with Gasteiger partial charge in [-0.3, -0.25) is 9.59 Å². The summed E-state index contributed by atoms with van der Waals surface area (Å²) in [6.07, 6.45) is 3.46. The maximum atomic E-state index is 13.7. The quantitative estimate of drug-likeness (QED) is 0.704. The summed E-state index contributed by atoms with van der Waals surface area (Å²) in [6.45, 7) is 11.1. The molecule has 0 fully saturated rings. The van der Waals surface area contributed by atoms with Crippen LogP contribution in [0.25, 0.3) is 11.8 Å².